The van der Waals surface area contributed by atoms with Crippen LogP contribution in [-0.2, 0) is 9.59 Å². The van der Waals surface area contributed by atoms with Crippen LogP contribution in [0.15, 0.2) is 35.2 Å². The van der Waals surface area contributed by atoms with Crippen LogP contribution in [0.3, 0.4) is 0 Å². The van der Waals surface area contributed by atoms with E-state index in [2.05, 4.69) is 0 Å². The Bertz CT molecular complexity index is 997. The van der Waals surface area contributed by atoms with E-state index in [0.29, 0.717) is 5.56 Å². The molecule has 1 saturated heterocycles. The number of aliphatic hydroxyl groups excluding tert-OH is 1. The number of thiophene rings is 1. The van der Waals surface area contributed by atoms with Gasteiger partial charge in [-0.1, -0.05) is 37.0 Å². The highest BCUT2D eigenvalue weighted by Crippen LogP contribution is 2.45. The normalized spacial score (nSPS) is 22.4. The van der Waals surface area contributed by atoms with E-state index in [0.717, 1.165) is 47.3 Å². The molecule has 2 heterocycles. The third-order valence-electron chi connectivity index (χ3n) is 6.25. The molecule has 1 aliphatic carbocycles. The predicted molar refractivity (Wildman–Crippen MR) is 116 cm³/mol. The highest BCUT2D eigenvalue weighted by atomic mass is 32.1. The fourth-order valence-electron chi connectivity index (χ4n) is 4.64. The minimum atomic E-state index is -0.563. The first-order valence-electron chi connectivity index (χ1n) is 10.3. The van der Waals surface area contributed by atoms with E-state index in [4.69, 9.17) is 0 Å². The summed E-state index contributed by atoms with van der Waals surface area (Å²) in [6.45, 7) is 5.87. The number of aryl methyl sites for hydroxylation is 3. The first-order valence-corrected chi connectivity index (χ1v) is 11.2. The molecule has 152 valence electrons. The average molecular weight is 410 g/mol. The van der Waals surface area contributed by atoms with Gasteiger partial charge in [-0.05, 0) is 62.3 Å². The molecular weight excluding hydrogens is 382 g/mol. The molecule has 2 fully saturated rings. The summed E-state index contributed by atoms with van der Waals surface area (Å²) in [5, 5.41) is 13.3. The molecule has 29 heavy (non-hydrogen) atoms. The maximum absolute atomic E-state index is 13.2. The number of amides is 1. The first kappa shape index (κ1) is 19.9. The van der Waals surface area contributed by atoms with Gasteiger partial charge in [-0.15, -0.1) is 11.3 Å². The van der Waals surface area contributed by atoms with Crippen molar-refractivity contribution in [3.63, 3.8) is 0 Å². The molecular formula is C24H27NO3S. The fourth-order valence-corrected chi connectivity index (χ4v) is 5.68. The number of likely N-dealkylation sites (tertiary alicyclic amines) is 1. The van der Waals surface area contributed by atoms with Crippen LogP contribution >= 0.6 is 11.3 Å². The number of benzene rings is 1. The molecule has 0 radical (unpaired) electrons. The van der Waals surface area contributed by atoms with E-state index in [-0.39, 0.29) is 17.4 Å². The lowest BCUT2D eigenvalue weighted by Gasteiger charge is -2.35. The summed E-state index contributed by atoms with van der Waals surface area (Å²) in [5.41, 5.74) is 3.81. The van der Waals surface area contributed by atoms with E-state index < -0.39 is 17.7 Å². The Morgan fingerprint density at radius 2 is 1.76 bits per heavy atom. The van der Waals surface area contributed by atoms with Gasteiger partial charge in [0, 0.05) is 16.5 Å². The Balaban J connectivity index is 1.91. The zero-order valence-corrected chi connectivity index (χ0v) is 18.0. The molecule has 4 rings (SSSR count). The summed E-state index contributed by atoms with van der Waals surface area (Å²) in [6.07, 6.45) is 5.14. The SMILES string of the molecule is Cc1ccc(C)c(/C(O)=C2\C(=O)C(=O)N(C3CCCCC3)C2c2sccc2C)c1. The van der Waals surface area contributed by atoms with Crippen LogP contribution in [0.2, 0.25) is 0 Å². The molecule has 4 nitrogen and oxygen atoms in total. The Hall–Kier alpha value is -2.40. The molecule has 1 aromatic carbocycles. The van der Waals surface area contributed by atoms with Crippen LogP contribution < -0.4 is 0 Å². The number of Topliss-reactive ketones (excluding diaryl/α,β-unsaturated/α-hetero) is 1. The second-order valence-corrected chi connectivity index (χ2v) is 9.23. The average Bonchev–Trinajstić information content (AvgIpc) is 3.25. The van der Waals surface area contributed by atoms with Gasteiger partial charge in [-0.2, -0.15) is 0 Å². The maximum Gasteiger partial charge on any atom is 0.295 e. The van der Waals surface area contributed by atoms with Crippen molar-refractivity contribution in [3.05, 3.63) is 62.3 Å². The van der Waals surface area contributed by atoms with Crippen LogP contribution in [0.5, 0.6) is 0 Å². The number of rotatable bonds is 3. The molecule has 5 heteroatoms. The van der Waals surface area contributed by atoms with Gasteiger partial charge in [0.25, 0.3) is 11.7 Å². The molecule has 1 aliphatic heterocycles. The third-order valence-corrected chi connectivity index (χ3v) is 7.32. The van der Waals surface area contributed by atoms with E-state index in [1.807, 2.05) is 50.4 Å². The summed E-state index contributed by atoms with van der Waals surface area (Å²) in [5.74, 6) is -1.09. The summed E-state index contributed by atoms with van der Waals surface area (Å²) >= 11 is 1.55. The van der Waals surface area contributed by atoms with Crippen LogP contribution in [0.4, 0.5) is 0 Å². The Labute approximate surface area is 175 Å². The Morgan fingerprint density at radius 3 is 2.41 bits per heavy atom. The zero-order chi connectivity index (χ0) is 20.7. The summed E-state index contributed by atoms with van der Waals surface area (Å²) in [6, 6.07) is 7.37. The Morgan fingerprint density at radius 1 is 1.03 bits per heavy atom. The smallest absolute Gasteiger partial charge is 0.295 e. The van der Waals surface area contributed by atoms with Crippen molar-refractivity contribution < 1.29 is 14.7 Å². The van der Waals surface area contributed by atoms with Gasteiger partial charge in [-0.3, -0.25) is 9.59 Å². The van der Waals surface area contributed by atoms with Crippen LogP contribution in [0.1, 0.15) is 65.3 Å². The van der Waals surface area contributed by atoms with Gasteiger partial charge in [0.2, 0.25) is 0 Å². The highest BCUT2D eigenvalue weighted by molar-refractivity contribution is 7.10. The maximum atomic E-state index is 13.2. The van der Waals surface area contributed by atoms with Gasteiger partial charge >= 0.3 is 0 Å². The molecule has 1 saturated carbocycles. The summed E-state index contributed by atoms with van der Waals surface area (Å²) in [7, 11) is 0. The van der Waals surface area contributed by atoms with Crippen molar-refractivity contribution in [2.24, 2.45) is 0 Å². The Kier molecular flexibility index (Phi) is 5.34. The zero-order valence-electron chi connectivity index (χ0n) is 17.2. The topological polar surface area (TPSA) is 57.6 Å². The number of hydrogen-bond acceptors (Lipinski definition) is 4. The second-order valence-electron chi connectivity index (χ2n) is 8.28. The van der Waals surface area contributed by atoms with Crippen molar-refractivity contribution >= 4 is 28.8 Å². The molecule has 1 atom stereocenters. The van der Waals surface area contributed by atoms with Crippen LogP contribution in [-0.4, -0.2) is 27.7 Å². The van der Waals surface area contributed by atoms with Gasteiger partial charge in [0.05, 0.1) is 5.57 Å². The van der Waals surface area contributed by atoms with Gasteiger partial charge in [-0.25, -0.2) is 0 Å². The molecule has 1 unspecified atom stereocenters. The highest BCUT2D eigenvalue weighted by Gasteiger charge is 2.49. The number of nitrogens with zero attached hydrogens (tertiary/aromatic N) is 1. The molecule has 2 aromatic rings. The van der Waals surface area contributed by atoms with Crippen LogP contribution in [0, 0.1) is 20.8 Å². The van der Waals surface area contributed by atoms with Crippen LogP contribution in [0.25, 0.3) is 5.76 Å². The van der Waals surface area contributed by atoms with E-state index in [1.54, 1.807) is 16.2 Å². The van der Waals surface area contributed by atoms with Crippen molar-refractivity contribution in [2.75, 3.05) is 0 Å². The lowest BCUT2D eigenvalue weighted by molar-refractivity contribution is -0.141. The minimum Gasteiger partial charge on any atom is -0.507 e. The largest absolute Gasteiger partial charge is 0.507 e. The van der Waals surface area contributed by atoms with E-state index in [9.17, 15) is 14.7 Å². The number of ketones is 1. The van der Waals surface area contributed by atoms with Crippen molar-refractivity contribution in [1.29, 1.82) is 0 Å². The standard InChI is InChI=1S/C24H27NO3S/c1-14-9-10-15(2)18(13-14)21(26)19-20(23-16(3)11-12-29-23)25(24(28)22(19)27)17-7-5-4-6-8-17/h9-13,17,20,26H,4-8H2,1-3H3/b21-19+. The lowest BCUT2D eigenvalue weighted by Crippen LogP contribution is -2.40. The van der Waals surface area contributed by atoms with Crippen molar-refractivity contribution in [1.82, 2.24) is 4.90 Å². The van der Waals surface area contributed by atoms with Gasteiger partial charge < -0.3 is 10.0 Å². The fraction of sp³-hybridized carbons (Fsp3) is 0.417. The number of carbonyl (C=O) groups excluding carboxylic acids is 2. The number of aliphatic hydroxyl groups is 1. The first-order chi connectivity index (χ1) is 13.9. The summed E-state index contributed by atoms with van der Waals surface area (Å²) in [4.78, 5) is 29.1. The number of hydrogen-bond donors (Lipinski definition) is 1. The predicted octanol–water partition coefficient (Wildman–Crippen LogP) is 5.43. The lowest BCUT2D eigenvalue weighted by atomic mass is 9.92. The third kappa shape index (κ3) is 3.42. The summed E-state index contributed by atoms with van der Waals surface area (Å²) < 4.78 is 0. The molecule has 0 spiro atoms. The minimum absolute atomic E-state index is 0.0515. The number of carbonyl (C=O) groups is 2. The van der Waals surface area contributed by atoms with Gasteiger partial charge in [0.15, 0.2) is 0 Å². The second kappa shape index (κ2) is 7.79. The van der Waals surface area contributed by atoms with E-state index >= 15 is 0 Å². The molecule has 1 N–H and O–H groups in total. The van der Waals surface area contributed by atoms with Crippen molar-refractivity contribution in [3.8, 4) is 0 Å². The van der Waals surface area contributed by atoms with Gasteiger partial charge in [0.1, 0.15) is 11.8 Å². The monoisotopic (exact) mass is 409 g/mol. The molecule has 1 aromatic heterocycles. The molecule has 0 bridgehead atoms. The van der Waals surface area contributed by atoms with Crippen molar-refractivity contribution in [2.45, 2.75) is 65.0 Å². The quantitative estimate of drug-likeness (QED) is 0.418. The molecule has 2 aliphatic rings. The molecule has 1 amide bonds. The van der Waals surface area contributed by atoms with E-state index in [1.165, 1.54) is 6.42 Å².